The zero-order valence-corrected chi connectivity index (χ0v) is 26.9. The van der Waals surface area contributed by atoms with Crippen molar-refractivity contribution in [2.75, 3.05) is 37.8 Å². The number of aliphatic hydroxyl groups is 5. The Balaban J connectivity index is 1.74. The number of anilines is 2. The van der Waals surface area contributed by atoms with Crippen LogP contribution < -0.4 is 32.6 Å². The lowest BCUT2D eigenvalue weighted by Crippen LogP contribution is -2.54. The summed E-state index contributed by atoms with van der Waals surface area (Å²) in [6.45, 7) is 2.44. The zero-order valence-electron chi connectivity index (χ0n) is 26.2. The molecule has 1 amide bonds. The highest BCUT2D eigenvalue weighted by Gasteiger charge is 2.34. The summed E-state index contributed by atoms with van der Waals surface area (Å²) in [4.78, 5) is 24.0. The van der Waals surface area contributed by atoms with Gasteiger partial charge in [-0.05, 0) is 43.4 Å². The molecule has 0 bridgehead atoms. The Morgan fingerprint density at radius 3 is 2.37 bits per heavy atom. The van der Waals surface area contributed by atoms with Crippen molar-refractivity contribution < 1.29 is 35.1 Å². The second kappa shape index (κ2) is 20.7. The summed E-state index contributed by atoms with van der Waals surface area (Å²) in [5.41, 5.74) is 17.9. The van der Waals surface area contributed by atoms with Crippen molar-refractivity contribution >= 4 is 35.1 Å². The van der Waals surface area contributed by atoms with Crippen molar-refractivity contribution in [2.45, 2.75) is 88.7 Å². The summed E-state index contributed by atoms with van der Waals surface area (Å²) in [6.07, 6.45) is 0.611. The van der Waals surface area contributed by atoms with Crippen LogP contribution in [0.2, 0.25) is 5.15 Å². The number of nitrogens with two attached hydrogens (primary N) is 3. The van der Waals surface area contributed by atoms with Crippen molar-refractivity contribution in [1.82, 2.24) is 20.6 Å². The van der Waals surface area contributed by atoms with Crippen LogP contribution in [0.1, 0.15) is 67.9 Å². The molecule has 1 heterocycles. The predicted octanol–water partition coefficient (Wildman–Crippen LogP) is 0.105. The molecule has 2 rings (SSSR count). The van der Waals surface area contributed by atoms with Crippen molar-refractivity contribution in [3.8, 4) is 5.75 Å². The van der Waals surface area contributed by atoms with Gasteiger partial charge in [0.2, 0.25) is 0 Å². The molecule has 0 spiro atoms. The molecule has 2 aromatic rings. The van der Waals surface area contributed by atoms with Crippen LogP contribution >= 0.6 is 11.6 Å². The first-order valence-electron chi connectivity index (χ1n) is 15.5. The van der Waals surface area contributed by atoms with Crippen LogP contribution in [0, 0.1) is 0 Å². The van der Waals surface area contributed by atoms with Gasteiger partial charge in [-0.15, -0.1) is 0 Å². The Kier molecular flexibility index (Phi) is 17.5. The number of hydrogen-bond acceptors (Lipinski definition) is 13. The number of aryl methyl sites for hydroxylation is 1. The van der Waals surface area contributed by atoms with Gasteiger partial charge in [0.25, 0.3) is 5.91 Å². The van der Waals surface area contributed by atoms with Gasteiger partial charge in [-0.1, -0.05) is 56.3 Å². The Morgan fingerprint density at radius 1 is 0.978 bits per heavy atom. The summed E-state index contributed by atoms with van der Waals surface area (Å²) < 4.78 is 5.83. The topological polar surface area (TPSA) is 268 Å². The number of nitrogens with one attached hydrogen (secondary N) is 2. The largest absolute Gasteiger partial charge is 0.492 e. The van der Waals surface area contributed by atoms with E-state index in [2.05, 4.69) is 32.5 Å². The number of rotatable bonds is 21. The number of unbranched alkanes of at least 4 members (excludes halogenated alkanes) is 4. The number of ether oxygens (including phenoxy) is 1. The van der Waals surface area contributed by atoms with Crippen LogP contribution in [0.5, 0.6) is 5.75 Å². The van der Waals surface area contributed by atoms with E-state index < -0.39 is 43.0 Å². The van der Waals surface area contributed by atoms with Gasteiger partial charge < -0.3 is 52.8 Å². The van der Waals surface area contributed by atoms with Crippen LogP contribution in [-0.2, 0) is 6.42 Å². The molecule has 46 heavy (non-hydrogen) atoms. The number of halogens is 1. The number of guanidine groups is 1. The van der Waals surface area contributed by atoms with Gasteiger partial charge in [0, 0.05) is 19.1 Å². The van der Waals surface area contributed by atoms with Crippen LogP contribution in [0.15, 0.2) is 29.3 Å². The van der Waals surface area contributed by atoms with Gasteiger partial charge in [0.1, 0.15) is 30.7 Å². The third-order valence-corrected chi connectivity index (χ3v) is 7.56. The van der Waals surface area contributed by atoms with Crippen LogP contribution in [-0.4, -0.2) is 104 Å². The van der Waals surface area contributed by atoms with Crippen LogP contribution in [0.4, 0.5) is 11.6 Å². The molecule has 0 aliphatic carbocycles. The minimum absolute atomic E-state index is 0.0817. The van der Waals surface area contributed by atoms with Gasteiger partial charge in [0.15, 0.2) is 28.4 Å². The van der Waals surface area contributed by atoms with Crippen molar-refractivity contribution in [3.63, 3.8) is 0 Å². The average Bonchev–Trinajstić information content (AvgIpc) is 3.04. The minimum atomic E-state index is -1.68. The van der Waals surface area contributed by atoms with Gasteiger partial charge in [-0.3, -0.25) is 15.1 Å². The van der Waals surface area contributed by atoms with E-state index >= 15 is 0 Å². The molecule has 1 aromatic heterocycles. The fourth-order valence-electron chi connectivity index (χ4n) is 4.59. The summed E-state index contributed by atoms with van der Waals surface area (Å²) >= 11 is 5.80. The normalized spacial score (nSPS) is 15.2. The number of hydrogen-bond donors (Lipinski definition) is 10. The molecule has 0 aliphatic rings. The molecule has 1 unspecified atom stereocenters. The molecule has 258 valence electrons. The average molecular weight is 669 g/mol. The molecule has 15 nitrogen and oxygen atoms in total. The van der Waals surface area contributed by atoms with Gasteiger partial charge in [0.05, 0.1) is 12.7 Å². The Labute approximate surface area is 274 Å². The highest BCUT2D eigenvalue weighted by molar-refractivity contribution is 6.31. The molecule has 16 heteroatoms. The minimum Gasteiger partial charge on any atom is -0.492 e. The quantitative estimate of drug-likeness (QED) is 0.0481. The molecule has 0 fully saturated rings. The monoisotopic (exact) mass is 668 g/mol. The second-order valence-electron chi connectivity index (χ2n) is 10.9. The van der Waals surface area contributed by atoms with Crippen LogP contribution in [0.3, 0.4) is 0 Å². The van der Waals surface area contributed by atoms with E-state index in [9.17, 15) is 25.2 Å². The lowest BCUT2D eigenvalue weighted by Gasteiger charge is -2.31. The number of benzene rings is 1. The zero-order chi connectivity index (χ0) is 34.1. The molecule has 1 aromatic carbocycles. The highest BCUT2D eigenvalue weighted by Crippen LogP contribution is 2.18. The standard InChI is InChI=1S/C30H49ClN8O7/c1-2-3-4-5-9-20(23(42)25(44)24(43)21(41)17-40)35-15-16-46-19-12-10-18(11-13-19)8-6-7-14-36-30(34)39-29(45)22-27(32)38-28(33)26(31)37-22/h10-13,20-21,23-25,35,40-44H,2-9,14-17H2,1H3,(H4,32,33,38)(H3,34,36,39,45)/t20?,21-,23+,24-,25-/m1/s1. The van der Waals surface area contributed by atoms with E-state index in [1.807, 2.05) is 24.3 Å². The van der Waals surface area contributed by atoms with E-state index in [4.69, 9.17) is 38.6 Å². The maximum Gasteiger partial charge on any atom is 0.280 e. The predicted molar refractivity (Wildman–Crippen MR) is 176 cm³/mol. The van der Waals surface area contributed by atoms with Gasteiger partial charge in [-0.2, -0.15) is 0 Å². The first-order chi connectivity index (χ1) is 22.0. The first-order valence-corrected chi connectivity index (χ1v) is 15.8. The summed E-state index contributed by atoms with van der Waals surface area (Å²) in [5, 5.41) is 55.2. The van der Waals surface area contributed by atoms with Crippen molar-refractivity contribution in [1.29, 1.82) is 0 Å². The second-order valence-corrected chi connectivity index (χ2v) is 11.3. The van der Waals surface area contributed by atoms with E-state index in [1.54, 1.807) is 0 Å². The third-order valence-electron chi connectivity index (χ3n) is 7.28. The number of carbonyl (C=O) groups is 1. The molecule has 0 saturated carbocycles. The van der Waals surface area contributed by atoms with E-state index in [0.29, 0.717) is 31.9 Å². The highest BCUT2D eigenvalue weighted by atomic mass is 35.5. The fourth-order valence-corrected chi connectivity index (χ4v) is 4.72. The summed E-state index contributed by atoms with van der Waals surface area (Å²) in [5.74, 6) is -0.358. The third kappa shape index (κ3) is 13.2. The molecule has 0 radical (unpaired) electrons. The molecular weight excluding hydrogens is 620 g/mol. The summed E-state index contributed by atoms with van der Waals surface area (Å²) in [7, 11) is 0. The Hall–Kier alpha value is -3.31. The van der Waals surface area contributed by atoms with Gasteiger partial charge >= 0.3 is 0 Å². The molecule has 13 N–H and O–H groups in total. The number of aliphatic hydroxyl groups excluding tert-OH is 5. The lowest BCUT2D eigenvalue weighted by atomic mass is 9.94. The van der Waals surface area contributed by atoms with Crippen molar-refractivity contribution in [2.24, 2.45) is 10.7 Å². The SMILES string of the molecule is CCCCCCC(NCCOc1ccc(CCCCN=C(N)NC(=O)c2nc(Cl)c(N)nc2N)cc1)[C@H](O)[C@@H](O)[C@H](O)[C@H](O)CO. The molecular formula is C30H49ClN8O7. The molecule has 0 aliphatic heterocycles. The first kappa shape index (κ1) is 38.9. The number of aromatic nitrogens is 2. The summed E-state index contributed by atoms with van der Waals surface area (Å²) in [6, 6.07) is 7.13. The molecule has 0 saturated heterocycles. The maximum absolute atomic E-state index is 12.3. The number of nitrogens with zero attached hydrogens (tertiary/aromatic N) is 3. The smallest absolute Gasteiger partial charge is 0.280 e. The van der Waals surface area contributed by atoms with Crippen molar-refractivity contribution in [3.05, 3.63) is 40.7 Å². The number of amides is 1. The number of aliphatic imine (C=N–C) groups is 1. The lowest BCUT2D eigenvalue weighted by molar-refractivity contribution is -0.122. The van der Waals surface area contributed by atoms with Gasteiger partial charge in [-0.25, -0.2) is 9.97 Å². The number of carbonyl (C=O) groups excluding carboxylic acids is 1. The van der Waals surface area contributed by atoms with E-state index in [1.165, 1.54) is 0 Å². The Bertz CT molecular complexity index is 1220. The van der Waals surface area contributed by atoms with E-state index in [-0.39, 0.29) is 28.4 Å². The van der Waals surface area contributed by atoms with Crippen LogP contribution in [0.25, 0.3) is 0 Å². The maximum atomic E-state index is 12.3. The number of nitrogen functional groups attached to an aromatic ring is 2. The van der Waals surface area contributed by atoms with E-state index in [0.717, 1.165) is 50.5 Å². The molecule has 5 atom stereocenters. The fraction of sp³-hybridized carbons (Fsp3) is 0.600. The Morgan fingerprint density at radius 2 is 1.70 bits per heavy atom.